The number of nitrogens with one attached hydrogen (secondary N) is 2. The normalized spacial score (nSPS) is 20.8. The van der Waals surface area contributed by atoms with Gasteiger partial charge in [0.15, 0.2) is 0 Å². The first-order valence-corrected chi connectivity index (χ1v) is 7.02. The van der Waals surface area contributed by atoms with Crippen molar-refractivity contribution in [1.29, 1.82) is 0 Å². The van der Waals surface area contributed by atoms with Crippen LogP contribution in [0.15, 0.2) is 12.2 Å². The van der Waals surface area contributed by atoms with Crippen LogP contribution in [0.5, 0.6) is 0 Å². The molecule has 0 unspecified atom stereocenters. The summed E-state index contributed by atoms with van der Waals surface area (Å²) < 4.78 is 0. The third-order valence-electron chi connectivity index (χ3n) is 3.22. The molecular weight excluding hydrogens is 256 g/mol. The first-order valence-electron chi connectivity index (χ1n) is 7.02. The molecule has 0 aromatic heterocycles. The summed E-state index contributed by atoms with van der Waals surface area (Å²) in [6.07, 6.45) is 6.58. The molecule has 1 aliphatic heterocycles. The lowest BCUT2D eigenvalue weighted by Crippen LogP contribution is -2.42. The molecule has 2 N–H and O–H groups in total. The number of hydrogen-bond donors (Lipinski definition) is 2. The van der Waals surface area contributed by atoms with Crippen molar-refractivity contribution in [2.45, 2.75) is 46.1 Å². The molecule has 0 aromatic rings. The first kappa shape index (κ1) is 16.4. The largest absolute Gasteiger partial charge is 0.355 e. The highest BCUT2D eigenvalue weighted by molar-refractivity contribution is 5.84. The molecule has 0 radical (unpaired) electrons. The Labute approximate surface area is 120 Å². The van der Waals surface area contributed by atoms with Gasteiger partial charge in [-0.1, -0.05) is 32.9 Å². The molecule has 0 bridgehead atoms. The van der Waals surface area contributed by atoms with E-state index >= 15 is 0 Å². The van der Waals surface area contributed by atoms with Gasteiger partial charge >= 0.3 is 0 Å². The predicted molar refractivity (Wildman–Crippen MR) is 76.9 cm³/mol. The fourth-order valence-corrected chi connectivity index (χ4v) is 1.89. The van der Waals surface area contributed by atoms with Crippen LogP contribution in [-0.4, -0.2) is 30.7 Å². The van der Waals surface area contributed by atoms with Crippen LogP contribution in [-0.2, 0) is 14.4 Å². The Balaban J connectivity index is 2.31. The SMILES string of the molecule is CC(C)(C)C(=O)N[C@H](C=O)CC/C=C/[C@H]1CNC(=O)C1. The van der Waals surface area contributed by atoms with Gasteiger partial charge in [-0.3, -0.25) is 9.59 Å². The van der Waals surface area contributed by atoms with Crippen LogP contribution in [0.1, 0.15) is 40.0 Å². The lowest BCUT2D eigenvalue weighted by atomic mass is 9.95. The monoisotopic (exact) mass is 280 g/mol. The second-order valence-electron chi connectivity index (χ2n) is 6.24. The molecule has 1 fully saturated rings. The van der Waals surface area contributed by atoms with Crippen molar-refractivity contribution in [3.63, 3.8) is 0 Å². The highest BCUT2D eigenvalue weighted by Crippen LogP contribution is 2.14. The van der Waals surface area contributed by atoms with Crippen molar-refractivity contribution in [2.75, 3.05) is 6.54 Å². The van der Waals surface area contributed by atoms with Crippen molar-refractivity contribution in [3.05, 3.63) is 12.2 Å². The van der Waals surface area contributed by atoms with Crippen LogP contribution in [0.4, 0.5) is 0 Å². The Hall–Kier alpha value is -1.65. The lowest BCUT2D eigenvalue weighted by molar-refractivity contribution is -0.130. The molecule has 0 spiro atoms. The number of carbonyl (C=O) groups excluding carboxylic acids is 3. The number of amides is 2. The third-order valence-corrected chi connectivity index (χ3v) is 3.22. The van der Waals surface area contributed by atoms with Crippen molar-refractivity contribution in [3.8, 4) is 0 Å². The Morgan fingerprint density at radius 1 is 1.50 bits per heavy atom. The van der Waals surface area contributed by atoms with Crippen LogP contribution < -0.4 is 10.6 Å². The Morgan fingerprint density at radius 2 is 2.20 bits per heavy atom. The highest BCUT2D eigenvalue weighted by Gasteiger charge is 2.23. The number of aldehydes is 1. The molecule has 2 amide bonds. The van der Waals surface area contributed by atoms with Crippen molar-refractivity contribution < 1.29 is 14.4 Å². The summed E-state index contributed by atoms with van der Waals surface area (Å²) in [5.74, 6) is 0.216. The summed E-state index contributed by atoms with van der Waals surface area (Å²) in [5.41, 5.74) is -0.493. The van der Waals surface area contributed by atoms with E-state index in [2.05, 4.69) is 10.6 Å². The fraction of sp³-hybridized carbons (Fsp3) is 0.667. The first-order chi connectivity index (χ1) is 9.32. The third kappa shape index (κ3) is 5.55. The van der Waals surface area contributed by atoms with Gasteiger partial charge in [-0.2, -0.15) is 0 Å². The minimum absolute atomic E-state index is 0.0860. The zero-order valence-electron chi connectivity index (χ0n) is 12.4. The minimum atomic E-state index is -0.493. The summed E-state index contributed by atoms with van der Waals surface area (Å²) >= 11 is 0. The van der Waals surface area contributed by atoms with Crippen LogP contribution in [0.25, 0.3) is 0 Å². The smallest absolute Gasteiger partial charge is 0.225 e. The van der Waals surface area contributed by atoms with E-state index in [9.17, 15) is 14.4 Å². The van der Waals surface area contributed by atoms with Gasteiger partial charge in [0.25, 0.3) is 0 Å². The molecule has 2 atom stereocenters. The second-order valence-corrected chi connectivity index (χ2v) is 6.24. The van der Waals surface area contributed by atoms with Crippen LogP contribution in [0, 0.1) is 11.3 Å². The van der Waals surface area contributed by atoms with Crippen molar-refractivity contribution in [1.82, 2.24) is 10.6 Å². The zero-order valence-corrected chi connectivity index (χ0v) is 12.4. The van der Waals surface area contributed by atoms with Crippen molar-refractivity contribution >= 4 is 18.1 Å². The summed E-state index contributed by atoms with van der Waals surface area (Å²) in [4.78, 5) is 33.8. The molecule has 0 saturated carbocycles. The van der Waals surface area contributed by atoms with E-state index in [1.165, 1.54) is 0 Å². The quantitative estimate of drug-likeness (QED) is 0.567. The van der Waals surface area contributed by atoms with E-state index in [4.69, 9.17) is 0 Å². The predicted octanol–water partition coefficient (Wildman–Crippen LogP) is 1.19. The maximum absolute atomic E-state index is 11.8. The lowest BCUT2D eigenvalue weighted by Gasteiger charge is -2.20. The second kappa shape index (κ2) is 7.22. The van der Waals surface area contributed by atoms with Gasteiger partial charge in [-0.05, 0) is 12.8 Å². The highest BCUT2D eigenvalue weighted by atomic mass is 16.2. The maximum Gasteiger partial charge on any atom is 0.225 e. The van der Waals surface area contributed by atoms with Crippen LogP contribution in [0.3, 0.4) is 0 Å². The van der Waals surface area contributed by atoms with Gasteiger partial charge in [0.2, 0.25) is 11.8 Å². The van der Waals surface area contributed by atoms with E-state index in [0.717, 1.165) is 6.29 Å². The number of allylic oxidation sites excluding steroid dienone is 1. The van der Waals surface area contributed by atoms with E-state index < -0.39 is 11.5 Å². The number of rotatable bonds is 6. The molecular formula is C15H24N2O3. The summed E-state index contributed by atoms with van der Waals surface area (Å²) in [6.45, 7) is 6.13. The van der Waals surface area contributed by atoms with Gasteiger partial charge in [-0.15, -0.1) is 0 Å². The molecule has 1 saturated heterocycles. The van der Waals surface area contributed by atoms with Crippen molar-refractivity contribution in [2.24, 2.45) is 11.3 Å². The average molecular weight is 280 g/mol. The van der Waals surface area contributed by atoms with E-state index in [1.807, 2.05) is 32.9 Å². The Kier molecular flexibility index (Phi) is 5.92. The Morgan fingerprint density at radius 3 is 2.70 bits per heavy atom. The molecule has 1 rings (SSSR count). The molecule has 0 aliphatic carbocycles. The topological polar surface area (TPSA) is 75.3 Å². The van der Waals surface area contributed by atoms with E-state index in [-0.39, 0.29) is 17.7 Å². The molecule has 1 heterocycles. The molecule has 20 heavy (non-hydrogen) atoms. The number of hydrogen-bond acceptors (Lipinski definition) is 3. The molecule has 5 nitrogen and oxygen atoms in total. The van der Waals surface area contributed by atoms with Gasteiger partial charge in [0, 0.05) is 24.3 Å². The fourth-order valence-electron chi connectivity index (χ4n) is 1.89. The maximum atomic E-state index is 11.8. The molecule has 112 valence electrons. The van der Waals surface area contributed by atoms with Gasteiger partial charge < -0.3 is 15.4 Å². The molecule has 5 heteroatoms. The summed E-state index contributed by atoms with van der Waals surface area (Å²) in [5, 5.41) is 5.50. The molecule has 0 aromatic carbocycles. The van der Waals surface area contributed by atoms with Gasteiger partial charge in [0.1, 0.15) is 6.29 Å². The van der Waals surface area contributed by atoms with Crippen LogP contribution >= 0.6 is 0 Å². The van der Waals surface area contributed by atoms with Gasteiger partial charge in [-0.25, -0.2) is 0 Å². The minimum Gasteiger partial charge on any atom is -0.355 e. The zero-order chi connectivity index (χ0) is 15.2. The van der Waals surface area contributed by atoms with E-state index in [1.54, 1.807) is 0 Å². The van der Waals surface area contributed by atoms with E-state index in [0.29, 0.717) is 25.8 Å². The summed E-state index contributed by atoms with van der Waals surface area (Å²) in [6, 6.07) is -0.449. The standard InChI is InChI=1S/C15H24N2O3/c1-15(2,3)14(20)17-12(10-18)7-5-4-6-11-8-13(19)16-9-11/h4,6,10-12H,5,7-9H2,1-3H3,(H,16,19)(H,17,20)/b6-4+/t11-,12+/m1/s1. The molecule has 1 aliphatic rings. The number of carbonyl (C=O) groups is 3. The average Bonchev–Trinajstić information content (AvgIpc) is 2.77. The van der Waals surface area contributed by atoms with Crippen LogP contribution in [0.2, 0.25) is 0 Å². The Bertz CT molecular complexity index is 396. The summed E-state index contributed by atoms with van der Waals surface area (Å²) in [7, 11) is 0. The van der Waals surface area contributed by atoms with Gasteiger partial charge in [0.05, 0.1) is 6.04 Å².